The molecule has 1 fully saturated rings. The van der Waals surface area contributed by atoms with Crippen molar-refractivity contribution in [3.05, 3.63) is 58.8 Å². The number of nitrogens with zero attached hydrogens (tertiary/aromatic N) is 3. The number of carbonyl (C=O) groups excluding carboxylic acids is 2. The van der Waals surface area contributed by atoms with Gasteiger partial charge in [-0.25, -0.2) is 9.36 Å². The van der Waals surface area contributed by atoms with Gasteiger partial charge in [0, 0.05) is 30.8 Å². The molecule has 1 aliphatic rings. The molecule has 0 radical (unpaired) electrons. The van der Waals surface area contributed by atoms with Gasteiger partial charge in [-0.1, -0.05) is 27.2 Å². The van der Waals surface area contributed by atoms with Crippen LogP contribution in [0, 0.1) is 23.7 Å². The summed E-state index contributed by atoms with van der Waals surface area (Å²) in [4.78, 5) is 44.1. The van der Waals surface area contributed by atoms with E-state index in [1.807, 2.05) is 0 Å². The third-order valence-corrected chi connectivity index (χ3v) is 7.02. The summed E-state index contributed by atoms with van der Waals surface area (Å²) in [6.07, 6.45) is 6.06. The molecule has 1 aromatic carbocycles. The molecule has 4 rings (SSSR count). The monoisotopic (exact) mass is 463 g/mol. The van der Waals surface area contributed by atoms with Gasteiger partial charge in [0.1, 0.15) is 0 Å². The van der Waals surface area contributed by atoms with Crippen molar-refractivity contribution in [1.82, 2.24) is 14.1 Å². The molecule has 180 valence electrons. The number of pyridine rings is 1. The fraction of sp³-hybridized carbons (Fsp3) is 0.462. The maximum Gasteiger partial charge on any atom is 0.336 e. The Hall–Kier alpha value is -3.26. The Kier molecular flexibility index (Phi) is 6.97. The van der Waals surface area contributed by atoms with E-state index in [4.69, 9.17) is 5.73 Å². The number of hydrogen-bond acceptors (Lipinski definition) is 5. The second-order valence-electron chi connectivity index (χ2n) is 9.73. The normalized spacial score (nSPS) is 20.6. The van der Waals surface area contributed by atoms with Crippen LogP contribution in [0.4, 0.5) is 5.69 Å². The van der Waals surface area contributed by atoms with Crippen molar-refractivity contribution < 1.29 is 9.59 Å². The molecular weight excluding hydrogens is 430 g/mol. The lowest BCUT2D eigenvalue weighted by molar-refractivity contribution is 0.0633. The first-order valence-corrected chi connectivity index (χ1v) is 12.0. The van der Waals surface area contributed by atoms with Gasteiger partial charge >= 0.3 is 5.69 Å². The van der Waals surface area contributed by atoms with Crippen LogP contribution in [0.5, 0.6) is 0 Å². The molecule has 8 heteroatoms. The number of aromatic nitrogens is 3. The first kappa shape index (κ1) is 23.9. The molecule has 2 aromatic heterocycles. The van der Waals surface area contributed by atoms with E-state index >= 15 is 0 Å². The predicted molar refractivity (Wildman–Crippen MR) is 133 cm³/mol. The number of imidazole rings is 1. The molecular formula is C26H33N5O3. The van der Waals surface area contributed by atoms with Crippen LogP contribution in [0.15, 0.2) is 47.5 Å². The van der Waals surface area contributed by atoms with Crippen LogP contribution in [0.2, 0.25) is 0 Å². The molecule has 1 aliphatic carbocycles. The Morgan fingerprint density at radius 2 is 2.00 bits per heavy atom. The summed E-state index contributed by atoms with van der Waals surface area (Å²) >= 11 is 0. The van der Waals surface area contributed by atoms with Crippen molar-refractivity contribution in [2.24, 2.45) is 29.4 Å². The summed E-state index contributed by atoms with van der Waals surface area (Å²) in [5.74, 6) is 0.377. The molecule has 0 saturated heterocycles. The average Bonchev–Trinajstić information content (AvgIpc) is 3.10. The zero-order valence-corrected chi connectivity index (χ0v) is 20.0. The van der Waals surface area contributed by atoms with Gasteiger partial charge < -0.3 is 11.1 Å². The molecule has 3 aromatic rings. The fourth-order valence-corrected chi connectivity index (χ4v) is 5.25. The molecule has 2 heterocycles. The maximum absolute atomic E-state index is 13.8. The lowest BCUT2D eigenvalue weighted by atomic mass is 9.69. The highest BCUT2D eigenvalue weighted by atomic mass is 16.2. The molecule has 34 heavy (non-hydrogen) atoms. The molecule has 0 bridgehead atoms. The van der Waals surface area contributed by atoms with E-state index in [0.29, 0.717) is 34.1 Å². The lowest BCUT2D eigenvalue weighted by Gasteiger charge is -2.36. The van der Waals surface area contributed by atoms with E-state index in [1.54, 1.807) is 42.7 Å². The highest BCUT2D eigenvalue weighted by molar-refractivity contribution is 6.06. The van der Waals surface area contributed by atoms with Gasteiger partial charge in [-0.3, -0.25) is 19.1 Å². The quantitative estimate of drug-likeness (QED) is 0.578. The van der Waals surface area contributed by atoms with E-state index in [9.17, 15) is 14.4 Å². The van der Waals surface area contributed by atoms with Gasteiger partial charge in [-0.05, 0) is 60.9 Å². The van der Waals surface area contributed by atoms with E-state index < -0.39 is 5.69 Å². The van der Waals surface area contributed by atoms with Crippen LogP contribution in [-0.4, -0.2) is 32.5 Å². The highest BCUT2D eigenvalue weighted by Crippen LogP contribution is 2.39. The number of amides is 1. The topological polar surface area (TPSA) is 112 Å². The summed E-state index contributed by atoms with van der Waals surface area (Å²) in [5.41, 5.74) is 7.41. The Morgan fingerprint density at radius 1 is 1.21 bits per heavy atom. The maximum atomic E-state index is 13.8. The number of hydrogen-bond donors (Lipinski definition) is 2. The summed E-state index contributed by atoms with van der Waals surface area (Å²) in [5, 5.41) is 2.81. The Balaban J connectivity index is 1.76. The smallest absolute Gasteiger partial charge is 0.329 e. The molecule has 8 nitrogen and oxygen atoms in total. The third-order valence-electron chi connectivity index (χ3n) is 7.02. The summed E-state index contributed by atoms with van der Waals surface area (Å²) in [7, 11) is 0. The van der Waals surface area contributed by atoms with Gasteiger partial charge in [0.25, 0.3) is 5.91 Å². The van der Waals surface area contributed by atoms with Crippen molar-refractivity contribution in [3.8, 4) is 0 Å². The number of benzene rings is 1. The Labute approximate surface area is 199 Å². The first-order valence-electron chi connectivity index (χ1n) is 12.0. The minimum Gasteiger partial charge on any atom is -0.329 e. The van der Waals surface area contributed by atoms with Crippen LogP contribution in [0.25, 0.3) is 11.0 Å². The summed E-state index contributed by atoms with van der Waals surface area (Å²) in [6.45, 7) is 6.97. The van der Waals surface area contributed by atoms with Crippen molar-refractivity contribution >= 4 is 28.5 Å². The number of nitrogens with two attached hydrogens (primary N) is 1. The van der Waals surface area contributed by atoms with Crippen LogP contribution in [0.1, 0.15) is 55.2 Å². The summed E-state index contributed by atoms with van der Waals surface area (Å²) in [6, 6.07) is 8.48. The van der Waals surface area contributed by atoms with Crippen LogP contribution in [0.3, 0.4) is 0 Å². The number of carbonyl (C=O) groups is 2. The van der Waals surface area contributed by atoms with E-state index in [2.05, 4.69) is 31.1 Å². The molecule has 0 aliphatic heterocycles. The Bertz CT molecular complexity index is 1240. The first-order chi connectivity index (χ1) is 16.3. The van der Waals surface area contributed by atoms with Gasteiger partial charge in [0.2, 0.25) is 5.91 Å². The standard InChI is InChI=1S/C26H33N5O3/c1-16(2)20-8-6-17(3)13-21(20)25(33)31-22-9-7-18(14-23(22)30(12-10-27)26(31)34)24(32)29-19-5-4-11-28-15-19/h4-5,7,9,11,14-17,20-21H,6,8,10,12-13,27H2,1-3H3,(H,29,32)/t17?,20-,21?/m0/s1. The molecule has 1 amide bonds. The van der Waals surface area contributed by atoms with Crippen LogP contribution < -0.4 is 16.7 Å². The molecule has 0 spiro atoms. The van der Waals surface area contributed by atoms with E-state index in [-0.39, 0.29) is 36.7 Å². The molecule has 3 atom stereocenters. The van der Waals surface area contributed by atoms with Crippen molar-refractivity contribution in [3.63, 3.8) is 0 Å². The van der Waals surface area contributed by atoms with Gasteiger partial charge in [0.15, 0.2) is 0 Å². The minimum atomic E-state index is -0.393. The number of fused-ring (bicyclic) bond motifs is 1. The zero-order valence-electron chi connectivity index (χ0n) is 20.0. The minimum absolute atomic E-state index is 0.149. The largest absolute Gasteiger partial charge is 0.336 e. The van der Waals surface area contributed by atoms with Gasteiger partial charge in [0.05, 0.1) is 22.9 Å². The van der Waals surface area contributed by atoms with Crippen molar-refractivity contribution in [1.29, 1.82) is 0 Å². The molecule has 2 unspecified atom stereocenters. The number of anilines is 1. The lowest BCUT2D eigenvalue weighted by Crippen LogP contribution is -2.40. The van der Waals surface area contributed by atoms with Crippen LogP contribution >= 0.6 is 0 Å². The third kappa shape index (κ3) is 4.55. The van der Waals surface area contributed by atoms with Gasteiger partial charge in [-0.15, -0.1) is 0 Å². The molecule has 1 saturated carbocycles. The average molecular weight is 464 g/mol. The Morgan fingerprint density at radius 3 is 2.68 bits per heavy atom. The number of rotatable bonds is 6. The van der Waals surface area contributed by atoms with E-state index in [0.717, 1.165) is 19.3 Å². The predicted octanol–water partition coefficient (Wildman–Crippen LogP) is 3.76. The number of nitrogens with one attached hydrogen (secondary N) is 1. The van der Waals surface area contributed by atoms with Crippen molar-refractivity contribution in [2.75, 3.05) is 11.9 Å². The van der Waals surface area contributed by atoms with Crippen LogP contribution in [-0.2, 0) is 6.54 Å². The van der Waals surface area contributed by atoms with Crippen molar-refractivity contribution in [2.45, 2.75) is 46.6 Å². The van der Waals surface area contributed by atoms with E-state index in [1.165, 1.54) is 9.13 Å². The SMILES string of the molecule is CC1CC[C@@H](C(C)C)C(C(=O)n2c(=O)n(CCN)c3cc(C(=O)Nc4cccnc4)ccc32)C1. The molecule has 3 N–H and O–H groups in total. The zero-order chi connectivity index (χ0) is 24.4. The second kappa shape index (κ2) is 9.93. The summed E-state index contributed by atoms with van der Waals surface area (Å²) < 4.78 is 2.82. The highest BCUT2D eigenvalue weighted by Gasteiger charge is 2.37. The second-order valence-corrected chi connectivity index (χ2v) is 9.73. The van der Waals surface area contributed by atoms with Gasteiger partial charge in [-0.2, -0.15) is 0 Å². The fourth-order valence-electron chi connectivity index (χ4n) is 5.25.